The molecule has 1 aliphatic heterocycles. The molecule has 0 bridgehead atoms. The van der Waals surface area contributed by atoms with Crippen molar-refractivity contribution in [1.82, 2.24) is 0 Å². The molecule has 3 N–H and O–H groups in total. The minimum Gasteiger partial charge on any atom is -0.509 e. The molecule has 0 amide bonds. The van der Waals surface area contributed by atoms with Crippen molar-refractivity contribution in [3.8, 4) is 0 Å². The molecule has 8 heavy (non-hydrogen) atoms. The zero-order valence-electron chi connectivity index (χ0n) is 4.29. The van der Waals surface area contributed by atoms with Crippen LogP contribution in [0.4, 0.5) is 0 Å². The molecule has 44 valence electrons. The monoisotopic (exact) mass is 129 g/mol. The summed E-state index contributed by atoms with van der Waals surface area (Å²) in [4.78, 5) is 0. The molecule has 0 radical (unpaired) electrons. The summed E-state index contributed by atoms with van der Waals surface area (Å²) in [6.07, 6.45) is 1.70. The number of aliphatic hydroxyl groups is 1. The van der Waals surface area contributed by atoms with E-state index in [9.17, 15) is 0 Å². The molecule has 0 saturated carbocycles. The highest BCUT2D eigenvalue weighted by Gasteiger charge is 2.00. The van der Waals surface area contributed by atoms with Crippen molar-refractivity contribution in [1.29, 1.82) is 0 Å². The maximum absolute atomic E-state index is 8.86. The molecule has 3 heteroatoms. The lowest BCUT2D eigenvalue weighted by Gasteiger charge is -2.03. The van der Waals surface area contributed by atoms with Crippen LogP contribution in [0.5, 0.6) is 0 Å². The first-order valence-corrected chi connectivity index (χ1v) is 3.31. The molecule has 1 heterocycles. The highest BCUT2D eigenvalue weighted by molar-refractivity contribution is 8.02. The summed E-state index contributed by atoms with van der Waals surface area (Å²) >= 11 is 1.54. The topological polar surface area (TPSA) is 46.2 Å². The molecule has 0 aromatic heterocycles. The molecule has 0 aromatic carbocycles. The highest BCUT2D eigenvalue weighted by atomic mass is 32.2. The van der Waals surface area contributed by atoms with Gasteiger partial charge in [0.2, 0.25) is 0 Å². The second kappa shape index (κ2) is 2.13. The molecule has 0 saturated heterocycles. The molecule has 2 nitrogen and oxygen atoms in total. The van der Waals surface area contributed by atoms with Crippen LogP contribution in [0.15, 0.2) is 22.9 Å². The van der Waals surface area contributed by atoms with Gasteiger partial charge in [-0.05, 0) is 11.5 Å². The average molecular weight is 129 g/mol. The summed E-state index contributed by atoms with van der Waals surface area (Å²) in [5.74, 6) is 0.903. The summed E-state index contributed by atoms with van der Waals surface area (Å²) in [5.41, 5.74) is 5.80. The Morgan fingerprint density at radius 2 is 2.50 bits per heavy atom. The molecule has 0 unspecified atom stereocenters. The van der Waals surface area contributed by atoms with Gasteiger partial charge in [-0.2, -0.15) is 0 Å². The summed E-state index contributed by atoms with van der Waals surface area (Å²) in [5, 5.41) is 10.7. The lowest BCUT2D eigenvalue weighted by molar-refractivity contribution is 0.411. The van der Waals surface area contributed by atoms with Gasteiger partial charge in [-0.25, -0.2) is 0 Å². The second-order valence-electron chi connectivity index (χ2n) is 1.52. The van der Waals surface area contributed by atoms with Gasteiger partial charge in [-0.15, -0.1) is 11.8 Å². The molecule has 0 aromatic rings. The van der Waals surface area contributed by atoms with Crippen LogP contribution in [0.25, 0.3) is 0 Å². The van der Waals surface area contributed by atoms with Crippen molar-refractivity contribution in [2.75, 3.05) is 5.75 Å². The third-order valence-corrected chi connectivity index (χ3v) is 1.67. The van der Waals surface area contributed by atoms with E-state index in [1.807, 2.05) is 5.41 Å². The third-order valence-electron chi connectivity index (χ3n) is 0.897. The predicted molar refractivity (Wildman–Crippen MR) is 35.4 cm³/mol. The normalized spacial score (nSPS) is 19.5. The Hall–Kier alpha value is -0.570. The molecule has 1 rings (SSSR count). The van der Waals surface area contributed by atoms with Crippen molar-refractivity contribution < 1.29 is 5.11 Å². The largest absolute Gasteiger partial charge is 0.509 e. The van der Waals surface area contributed by atoms with Crippen molar-refractivity contribution in [2.24, 2.45) is 5.73 Å². The number of hydrogen-bond acceptors (Lipinski definition) is 3. The molecular weight excluding hydrogens is 122 g/mol. The van der Waals surface area contributed by atoms with E-state index in [1.165, 1.54) is 11.8 Å². The highest BCUT2D eigenvalue weighted by Crippen LogP contribution is 2.15. The molecule has 0 spiro atoms. The van der Waals surface area contributed by atoms with Gasteiger partial charge in [0.15, 0.2) is 0 Å². The van der Waals surface area contributed by atoms with Gasteiger partial charge in [0.05, 0.1) is 11.4 Å². The second-order valence-corrected chi connectivity index (χ2v) is 2.41. The fraction of sp³-hybridized carbons (Fsp3) is 0.200. The van der Waals surface area contributed by atoms with E-state index in [0.717, 1.165) is 0 Å². The Balaban J connectivity index is 2.76. The molecule has 0 aliphatic carbocycles. The van der Waals surface area contributed by atoms with E-state index in [0.29, 0.717) is 11.4 Å². The minimum absolute atomic E-state index is 0.289. The van der Waals surface area contributed by atoms with E-state index in [2.05, 4.69) is 0 Å². The van der Waals surface area contributed by atoms with E-state index < -0.39 is 0 Å². The standard InChI is InChI=1S/C5H7NOS/c6-4-1-2-8-3-5(4)7/h1-2,7H,3,6H2. The maximum Gasteiger partial charge on any atom is 0.125 e. The Bertz CT molecular complexity index is 151. The van der Waals surface area contributed by atoms with E-state index in [-0.39, 0.29) is 5.76 Å². The van der Waals surface area contributed by atoms with Crippen LogP contribution in [0.2, 0.25) is 0 Å². The minimum atomic E-state index is 0.289. The first-order chi connectivity index (χ1) is 3.80. The van der Waals surface area contributed by atoms with E-state index >= 15 is 0 Å². The molecule has 0 atom stereocenters. The lowest BCUT2D eigenvalue weighted by Crippen LogP contribution is -2.03. The predicted octanol–water partition coefficient (Wildman–Crippen LogP) is 0.975. The number of rotatable bonds is 0. The summed E-state index contributed by atoms with van der Waals surface area (Å²) in [6.45, 7) is 0. The first kappa shape index (κ1) is 5.56. The van der Waals surface area contributed by atoms with Crippen molar-refractivity contribution in [3.63, 3.8) is 0 Å². The third kappa shape index (κ3) is 0.980. The first-order valence-electron chi connectivity index (χ1n) is 2.26. The Morgan fingerprint density at radius 1 is 1.75 bits per heavy atom. The number of allylic oxidation sites excluding steroid dienone is 1. The number of aliphatic hydroxyl groups excluding tert-OH is 1. The summed E-state index contributed by atoms with van der Waals surface area (Å²) in [7, 11) is 0. The molecule has 0 fully saturated rings. The van der Waals surface area contributed by atoms with Crippen LogP contribution in [0.3, 0.4) is 0 Å². The van der Waals surface area contributed by atoms with Gasteiger partial charge >= 0.3 is 0 Å². The van der Waals surface area contributed by atoms with Gasteiger partial charge in [-0.1, -0.05) is 0 Å². The quantitative estimate of drug-likeness (QED) is 0.512. The smallest absolute Gasteiger partial charge is 0.125 e. The van der Waals surface area contributed by atoms with Gasteiger partial charge in [-0.3, -0.25) is 0 Å². The van der Waals surface area contributed by atoms with Gasteiger partial charge in [0.25, 0.3) is 0 Å². The van der Waals surface area contributed by atoms with Gasteiger partial charge in [0, 0.05) is 0 Å². The van der Waals surface area contributed by atoms with Crippen LogP contribution in [0, 0.1) is 0 Å². The van der Waals surface area contributed by atoms with Crippen LogP contribution >= 0.6 is 11.8 Å². The number of hydrogen-bond donors (Lipinski definition) is 2. The molecular formula is C5H7NOS. The molecule has 1 aliphatic rings. The lowest BCUT2D eigenvalue weighted by atomic mass is 10.4. The number of nitrogens with two attached hydrogens (primary N) is 1. The van der Waals surface area contributed by atoms with Crippen molar-refractivity contribution in [2.45, 2.75) is 0 Å². The summed E-state index contributed by atoms with van der Waals surface area (Å²) < 4.78 is 0. The Morgan fingerprint density at radius 3 is 2.88 bits per heavy atom. The zero-order chi connectivity index (χ0) is 5.98. The van der Waals surface area contributed by atoms with Crippen LogP contribution in [-0.4, -0.2) is 10.9 Å². The van der Waals surface area contributed by atoms with Crippen LogP contribution in [-0.2, 0) is 0 Å². The Kier molecular flexibility index (Phi) is 1.48. The number of thioether (sulfide) groups is 1. The SMILES string of the molecule is NC1=C(O)CSC=C1. The fourth-order valence-electron chi connectivity index (χ4n) is 0.428. The maximum atomic E-state index is 8.86. The Labute approximate surface area is 52.1 Å². The van der Waals surface area contributed by atoms with Gasteiger partial charge < -0.3 is 10.8 Å². The van der Waals surface area contributed by atoms with E-state index in [4.69, 9.17) is 10.8 Å². The zero-order valence-corrected chi connectivity index (χ0v) is 5.11. The fourth-order valence-corrected chi connectivity index (χ4v) is 1.09. The van der Waals surface area contributed by atoms with Crippen molar-refractivity contribution >= 4 is 11.8 Å². The summed E-state index contributed by atoms with van der Waals surface area (Å²) in [6, 6.07) is 0. The van der Waals surface area contributed by atoms with Crippen molar-refractivity contribution in [3.05, 3.63) is 22.9 Å². The van der Waals surface area contributed by atoms with Crippen LogP contribution in [0.1, 0.15) is 0 Å². The van der Waals surface area contributed by atoms with Gasteiger partial charge in [0.1, 0.15) is 5.76 Å². The van der Waals surface area contributed by atoms with E-state index in [1.54, 1.807) is 6.08 Å². The average Bonchev–Trinajstić information content (AvgIpc) is 1.77. The van der Waals surface area contributed by atoms with Crippen LogP contribution < -0.4 is 5.73 Å².